The summed E-state index contributed by atoms with van der Waals surface area (Å²) in [6, 6.07) is 0. The van der Waals surface area contributed by atoms with Gasteiger partial charge >= 0.3 is 11.4 Å². The van der Waals surface area contributed by atoms with Gasteiger partial charge in [-0.15, -0.1) is 9.61 Å². The van der Waals surface area contributed by atoms with Gasteiger partial charge < -0.3 is 10.1 Å². The Morgan fingerprint density at radius 1 is 1.57 bits per heavy atom. The molecule has 0 aromatic carbocycles. The molecule has 9 nitrogen and oxygen atoms in total. The van der Waals surface area contributed by atoms with Crippen molar-refractivity contribution in [3.63, 3.8) is 0 Å². The van der Waals surface area contributed by atoms with Crippen LogP contribution >= 0.6 is 12.8 Å². The fourth-order valence-corrected chi connectivity index (χ4v) is 1.12. The first-order chi connectivity index (χ1) is 6.61. The molecule has 0 N–H and O–H groups in total. The van der Waals surface area contributed by atoms with Crippen LogP contribution in [-0.4, -0.2) is 28.7 Å². The minimum atomic E-state index is -0.937. The van der Waals surface area contributed by atoms with Crippen LogP contribution in [0.5, 0.6) is 0 Å². The van der Waals surface area contributed by atoms with E-state index >= 15 is 0 Å². The first kappa shape index (κ1) is 8.62. The van der Waals surface area contributed by atoms with Gasteiger partial charge in [-0.1, -0.05) is 4.09 Å². The van der Waals surface area contributed by atoms with E-state index in [9.17, 15) is 14.9 Å². The minimum Gasteiger partial charge on any atom is -0.358 e. The molecule has 10 heteroatoms. The molecule has 0 aliphatic rings. The summed E-state index contributed by atoms with van der Waals surface area (Å²) in [6.45, 7) is 0. The van der Waals surface area contributed by atoms with Crippen molar-refractivity contribution in [2.24, 2.45) is 0 Å². The molecule has 2 rings (SSSR count). The third-order valence-corrected chi connectivity index (χ3v) is 1.72. The highest BCUT2D eigenvalue weighted by Crippen LogP contribution is 2.01. The lowest BCUT2D eigenvalue weighted by Crippen LogP contribution is -2.22. The normalized spacial score (nSPS) is 10.6. The van der Waals surface area contributed by atoms with E-state index in [1.807, 2.05) is 0 Å². The summed E-state index contributed by atoms with van der Waals surface area (Å²) in [5.74, 6) is -0.832. The van der Waals surface area contributed by atoms with E-state index in [1.165, 1.54) is 0 Å². The molecule has 0 unspecified atom stereocenters. The molecule has 14 heavy (non-hydrogen) atoms. The second kappa shape index (κ2) is 2.77. The number of nitrogens with zero attached hydrogens (tertiary/aromatic N) is 6. The highest BCUT2D eigenvalue weighted by Gasteiger charge is 2.21. The van der Waals surface area contributed by atoms with E-state index in [1.54, 1.807) is 0 Å². The number of hydrogen-bond donors (Lipinski definition) is 1. The molecule has 0 aliphatic heterocycles. The number of nitro groups is 1. The third-order valence-electron chi connectivity index (χ3n) is 1.45. The van der Waals surface area contributed by atoms with Gasteiger partial charge in [0.1, 0.15) is 6.33 Å². The number of fused-ring (bicyclic) bond motifs is 1. The molecule has 0 saturated carbocycles. The monoisotopic (exact) mass is 214 g/mol. The number of rotatable bonds is 1. The molecule has 72 valence electrons. The van der Waals surface area contributed by atoms with Crippen molar-refractivity contribution in [3.8, 4) is 0 Å². The number of aromatic nitrogens is 5. The quantitative estimate of drug-likeness (QED) is 0.366. The molecule has 0 spiro atoms. The fraction of sp³-hybridized carbons (Fsp3) is 0. The van der Waals surface area contributed by atoms with Crippen molar-refractivity contribution in [3.05, 3.63) is 26.8 Å². The Kier molecular flexibility index (Phi) is 1.70. The molecule has 0 saturated heterocycles. The highest BCUT2D eigenvalue weighted by molar-refractivity contribution is 7.78. The topological polar surface area (TPSA) is 108 Å². The van der Waals surface area contributed by atoms with Crippen LogP contribution in [0.4, 0.5) is 5.82 Å². The summed E-state index contributed by atoms with van der Waals surface area (Å²) in [7, 11) is 0. The molecule has 0 aliphatic carbocycles. The zero-order valence-electron chi connectivity index (χ0n) is 6.43. The third kappa shape index (κ3) is 1.04. The van der Waals surface area contributed by atoms with Crippen molar-refractivity contribution in [1.82, 2.24) is 23.8 Å². The molecule has 0 bridgehead atoms. The van der Waals surface area contributed by atoms with Crippen LogP contribution in [0.25, 0.3) is 5.78 Å². The highest BCUT2D eigenvalue weighted by atomic mass is 32.1. The lowest BCUT2D eigenvalue weighted by Gasteiger charge is -1.93. The predicted molar refractivity (Wildman–Crippen MR) is 46.1 cm³/mol. The molecular weight excluding hydrogens is 212 g/mol. The molecule has 0 amide bonds. The van der Waals surface area contributed by atoms with Gasteiger partial charge in [0.15, 0.2) is 0 Å². The Morgan fingerprint density at radius 2 is 2.29 bits per heavy atom. The molecule has 0 fully saturated rings. The van der Waals surface area contributed by atoms with E-state index in [0.29, 0.717) is 0 Å². The Morgan fingerprint density at radius 3 is 2.93 bits per heavy atom. The zero-order chi connectivity index (χ0) is 10.3. The van der Waals surface area contributed by atoms with Crippen LogP contribution in [0.1, 0.15) is 0 Å². The summed E-state index contributed by atoms with van der Waals surface area (Å²) in [5.41, 5.74) is -0.937. The second-order valence-electron chi connectivity index (χ2n) is 2.25. The minimum absolute atomic E-state index is 0.0175. The lowest BCUT2D eigenvalue weighted by atomic mass is 10.7. The Hall–Kier alpha value is -1.97. The maximum atomic E-state index is 11.3. The summed E-state index contributed by atoms with van der Waals surface area (Å²) < 4.78 is 1.56. The SMILES string of the molecule is O=c1c([N+](=O)[O-])nn(S)c2ncnn12. The molecule has 0 radical (unpaired) electrons. The Bertz CT molecular complexity index is 572. The Labute approximate surface area is 80.7 Å². The van der Waals surface area contributed by atoms with Gasteiger partial charge in [0.25, 0.3) is 5.78 Å². The van der Waals surface area contributed by atoms with E-state index in [-0.39, 0.29) is 5.78 Å². The summed E-state index contributed by atoms with van der Waals surface area (Å²) in [4.78, 5) is 24.4. The van der Waals surface area contributed by atoms with Crippen LogP contribution in [0, 0.1) is 10.1 Å². The number of thiol groups is 1. The van der Waals surface area contributed by atoms with Gasteiger partial charge in [-0.05, 0) is 17.7 Å². The van der Waals surface area contributed by atoms with Gasteiger partial charge in [0.2, 0.25) is 0 Å². The Balaban J connectivity index is 2.96. The summed E-state index contributed by atoms with van der Waals surface area (Å²) >= 11 is 3.77. The second-order valence-corrected chi connectivity index (χ2v) is 2.63. The van der Waals surface area contributed by atoms with E-state index < -0.39 is 16.3 Å². The first-order valence-electron chi connectivity index (χ1n) is 3.28. The molecule has 2 heterocycles. The van der Waals surface area contributed by atoms with E-state index in [0.717, 1.165) is 14.9 Å². The maximum Gasteiger partial charge on any atom is 0.457 e. The molecule has 0 atom stereocenters. The average Bonchev–Trinajstić information content (AvgIpc) is 2.59. The number of hydrogen-bond acceptors (Lipinski definition) is 7. The van der Waals surface area contributed by atoms with Crippen molar-refractivity contribution in [2.45, 2.75) is 0 Å². The van der Waals surface area contributed by atoms with Crippen LogP contribution in [0.15, 0.2) is 11.1 Å². The lowest BCUT2D eigenvalue weighted by molar-refractivity contribution is -0.391. The molecular formula is C4H2N6O3S. The largest absolute Gasteiger partial charge is 0.457 e. The summed E-state index contributed by atoms with van der Waals surface area (Å²) in [6.07, 6.45) is 1.08. The van der Waals surface area contributed by atoms with Crippen molar-refractivity contribution >= 4 is 24.4 Å². The van der Waals surface area contributed by atoms with Crippen LogP contribution < -0.4 is 5.56 Å². The van der Waals surface area contributed by atoms with E-state index in [4.69, 9.17) is 0 Å². The predicted octanol–water partition coefficient (Wildman–Crippen LogP) is -1.11. The maximum absolute atomic E-state index is 11.3. The average molecular weight is 214 g/mol. The van der Waals surface area contributed by atoms with Gasteiger partial charge in [-0.2, -0.15) is 4.98 Å². The van der Waals surface area contributed by atoms with E-state index in [2.05, 4.69) is 28.0 Å². The van der Waals surface area contributed by atoms with Gasteiger partial charge in [0.05, 0.1) is 5.10 Å². The fourth-order valence-electron chi connectivity index (χ4n) is 0.902. The molecule has 2 aromatic heterocycles. The van der Waals surface area contributed by atoms with Gasteiger partial charge in [0, 0.05) is 0 Å². The first-order valence-corrected chi connectivity index (χ1v) is 3.68. The smallest absolute Gasteiger partial charge is 0.358 e. The van der Waals surface area contributed by atoms with Gasteiger partial charge in [-0.25, -0.2) is 0 Å². The van der Waals surface area contributed by atoms with Gasteiger partial charge in [-0.3, -0.25) is 4.79 Å². The van der Waals surface area contributed by atoms with Crippen molar-refractivity contribution in [1.29, 1.82) is 0 Å². The van der Waals surface area contributed by atoms with Crippen LogP contribution in [0.2, 0.25) is 0 Å². The van der Waals surface area contributed by atoms with Crippen LogP contribution in [0.3, 0.4) is 0 Å². The van der Waals surface area contributed by atoms with Crippen molar-refractivity contribution in [2.75, 3.05) is 0 Å². The van der Waals surface area contributed by atoms with Crippen LogP contribution in [-0.2, 0) is 0 Å². The summed E-state index contributed by atoms with van der Waals surface area (Å²) in [5, 5.41) is 17.2. The molecule has 2 aromatic rings. The zero-order valence-corrected chi connectivity index (χ0v) is 7.33. The van der Waals surface area contributed by atoms with Crippen molar-refractivity contribution < 1.29 is 4.92 Å². The standard InChI is InChI=1S/C4H2N6O3S/c11-3-2(10(12)13)7-9(14)4-5-1-6-8(3)4/h1,14H.